The average molecular weight is 309 g/mol. The summed E-state index contributed by atoms with van der Waals surface area (Å²) in [6.45, 7) is 0.393. The monoisotopic (exact) mass is 308 g/mol. The van der Waals surface area contributed by atoms with Crippen molar-refractivity contribution in [3.63, 3.8) is 0 Å². The van der Waals surface area contributed by atoms with Crippen molar-refractivity contribution in [3.05, 3.63) is 52.4 Å². The van der Waals surface area contributed by atoms with E-state index in [1.165, 1.54) is 0 Å². The Morgan fingerprint density at radius 1 is 1.28 bits per heavy atom. The zero-order valence-corrected chi connectivity index (χ0v) is 11.3. The molecule has 0 fully saturated rings. The van der Waals surface area contributed by atoms with Gasteiger partial charge in [-0.05, 0) is 34.1 Å². The number of ether oxygens (including phenoxy) is 1. The Bertz CT molecular complexity index is 506. The Morgan fingerprint density at radius 2 is 2.17 bits per heavy atom. The van der Waals surface area contributed by atoms with Crippen molar-refractivity contribution in [3.8, 4) is 5.88 Å². The number of hydrogen-bond donors (Lipinski definition) is 1. The second-order valence-electron chi connectivity index (χ2n) is 3.70. The summed E-state index contributed by atoms with van der Waals surface area (Å²) in [5, 5.41) is 9.21. The van der Waals surface area contributed by atoms with E-state index in [1.807, 2.05) is 18.2 Å². The lowest BCUT2D eigenvalue weighted by atomic mass is 10.3. The standard InChI is InChI=1S/C13H13BrN2O2/c14-11-7-10(9-17)13(16-8-11)18-6-4-12-3-1-2-5-15-12/h1-3,5,7-8,17H,4,6,9H2. The molecule has 0 aliphatic carbocycles. The van der Waals surface area contributed by atoms with Crippen LogP contribution in [0, 0.1) is 0 Å². The molecule has 0 radical (unpaired) electrons. The average Bonchev–Trinajstić information content (AvgIpc) is 2.41. The maximum absolute atomic E-state index is 9.21. The van der Waals surface area contributed by atoms with Gasteiger partial charge in [-0.2, -0.15) is 0 Å². The van der Waals surface area contributed by atoms with Crippen molar-refractivity contribution in [1.29, 1.82) is 0 Å². The van der Waals surface area contributed by atoms with Gasteiger partial charge in [0.05, 0.1) is 13.2 Å². The quantitative estimate of drug-likeness (QED) is 0.921. The zero-order valence-electron chi connectivity index (χ0n) is 9.71. The highest BCUT2D eigenvalue weighted by atomic mass is 79.9. The van der Waals surface area contributed by atoms with Gasteiger partial charge in [-0.1, -0.05) is 6.07 Å². The smallest absolute Gasteiger partial charge is 0.218 e. The zero-order chi connectivity index (χ0) is 12.8. The summed E-state index contributed by atoms with van der Waals surface area (Å²) in [6, 6.07) is 7.57. The first-order chi connectivity index (χ1) is 8.79. The van der Waals surface area contributed by atoms with Gasteiger partial charge in [0.1, 0.15) is 0 Å². The number of pyridine rings is 2. The molecule has 94 valence electrons. The Morgan fingerprint density at radius 3 is 2.89 bits per heavy atom. The number of halogens is 1. The molecule has 2 heterocycles. The number of aromatic nitrogens is 2. The number of aliphatic hydroxyl groups is 1. The third kappa shape index (κ3) is 3.51. The molecule has 0 bridgehead atoms. The fourth-order valence-corrected chi connectivity index (χ4v) is 1.89. The van der Waals surface area contributed by atoms with Gasteiger partial charge in [0.25, 0.3) is 0 Å². The summed E-state index contributed by atoms with van der Waals surface area (Å²) in [6.07, 6.45) is 4.12. The lowest BCUT2D eigenvalue weighted by molar-refractivity contribution is 0.258. The van der Waals surface area contributed by atoms with Gasteiger partial charge in [0.2, 0.25) is 5.88 Å². The van der Waals surface area contributed by atoms with E-state index in [9.17, 15) is 5.11 Å². The van der Waals surface area contributed by atoms with Crippen LogP contribution in [-0.4, -0.2) is 21.7 Å². The van der Waals surface area contributed by atoms with E-state index in [-0.39, 0.29) is 6.61 Å². The number of nitrogens with zero attached hydrogens (tertiary/aromatic N) is 2. The first kappa shape index (κ1) is 13.0. The molecule has 2 rings (SSSR count). The largest absolute Gasteiger partial charge is 0.477 e. The van der Waals surface area contributed by atoms with Gasteiger partial charge in [0.15, 0.2) is 0 Å². The third-order valence-electron chi connectivity index (χ3n) is 2.39. The molecule has 0 saturated carbocycles. The van der Waals surface area contributed by atoms with Crippen LogP contribution in [0.4, 0.5) is 0 Å². The highest BCUT2D eigenvalue weighted by Gasteiger charge is 2.05. The van der Waals surface area contributed by atoms with Gasteiger partial charge in [-0.15, -0.1) is 0 Å². The van der Waals surface area contributed by atoms with E-state index >= 15 is 0 Å². The van der Waals surface area contributed by atoms with E-state index in [0.29, 0.717) is 24.5 Å². The van der Waals surface area contributed by atoms with Gasteiger partial charge in [0, 0.05) is 34.5 Å². The van der Waals surface area contributed by atoms with E-state index in [4.69, 9.17) is 4.74 Å². The topological polar surface area (TPSA) is 55.2 Å². The molecule has 0 atom stereocenters. The molecule has 0 unspecified atom stereocenters. The predicted octanol–water partition coefficient (Wildman–Crippen LogP) is 2.35. The molecule has 2 aromatic heterocycles. The number of aliphatic hydroxyl groups excluding tert-OH is 1. The summed E-state index contributed by atoms with van der Waals surface area (Å²) in [4.78, 5) is 8.34. The van der Waals surface area contributed by atoms with Crippen LogP contribution in [0.15, 0.2) is 41.1 Å². The predicted molar refractivity (Wildman–Crippen MR) is 71.3 cm³/mol. The van der Waals surface area contributed by atoms with Gasteiger partial charge < -0.3 is 9.84 Å². The number of hydrogen-bond acceptors (Lipinski definition) is 4. The summed E-state index contributed by atoms with van der Waals surface area (Å²) in [5.74, 6) is 0.469. The van der Waals surface area contributed by atoms with Gasteiger partial charge in [-0.25, -0.2) is 4.98 Å². The molecular formula is C13H13BrN2O2. The van der Waals surface area contributed by atoms with E-state index < -0.39 is 0 Å². The first-order valence-electron chi connectivity index (χ1n) is 5.57. The lowest BCUT2D eigenvalue weighted by Gasteiger charge is -2.08. The molecule has 2 aromatic rings. The maximum Gasteiger partial charge on any atom is 0.218 e. The minimum atomic E-state index is -0.0919. The Kier molecular flexibility index (Phi) is 4.66. The molecule has 0 aliphatic rings. The number of rotatable bonds is 5. The van der Waals surface area contributed by atoms with Crippen LogP contribution in [-0.2, 0) is 13.0 Å². The normalized spacial score (nSPS) is 10.3. The van der Waals surface area contributed by atoms with E-state index in [2.05, 4.69) is 25.9 Å². The van der Waals surface area contributed by atoms with Crippen molar-refractivity contribution in [2.45, 2.75) is 13.0 Å². The molecule has 0 aromatic carbocycles. The second-order valence-corrected chi connectivity index (χ2v) is 4.61. The minimum Gasteiger partial charge on any atom is -0.477 e. The van der Waals surface area contributed by atoms with Crippen LogP contribution in [0.3, 0.4) is 0 Å². The Labute approximate surface area is 114 Å². The van der Waals surface area contributed by atoms with Crippen LogP contribution < -0.4 is 4.74 Å². The second kappa shape index (κ2) is 6.47. The summed E-state index contributed by atoms with van der Waals surface area (Å²) in [5.41, 5.74) is 1.64. The summed E-state index contributed by atoms with van der Waals surface area (Å²) in [7, 11) is 0. The first-order valence-corrected chi connectivity index (χ1v) is 6.37. The van der Waals surface area contributed by atoms with Crippen LogP contribution in [0.5, 0.6) is 5.88 Å². The molecule has 4 nitrogen and oxygen atoms in total. The van der Waals surface area contributed by atoms with E-state index in [1.54, 1.807) is 18.5 Å². The van der Waals surface area contributed by atoms with Crippen LogP contribution >= 0.6 is 15.9 Å². The van der Waals surface area contributed by atoms with Crippen molar-refractivity contribution in [2.75, 3.05) is 6.61 Å². The highest BCUT2D eigenvalue weighted by molar-refractivity contribution is 9.10. The van der Waals surface area contributed by atoms with Crippen molar-refractivity contribution in [2.24, 2.45) is 0 Å². The summed E-state index contributed by atoms with van der Waals surface area (Å²) >= 11 is 3.30. The van der Waals surface area contributed by atoms with Gasteiger partial charge >= 0.3 is 0 Å². The third-order valence-corrected chi connectivity index (χ3v) is 2.82. The maximum atomic E-state index is 9.21. The molecule has 0 amide bonds. The van der Waals surface area contributed by atoms with Crippen molar-refractivity contribution in [1.82, 2.24) is 9.97 Å². The van der Waals surface area contributed by atoms with Crippen LogP contribution in [0.1, 0.15) is 11.3 Å². The molecule has 5 heteroatoms. The Hall–Kier alpha value is -1.46. The highest BCUT2D eigenvalue weighted by Crippen LogP contribution is 2.20. The molecule has 0 aliphatic heterocycles. The molecule has 1 N–H and O–H groups in total. The van der Waals surface area contributed by atoms with Crippen molar-refractivity contribution < 1.29 is 9.84 Å². The van der Waals surface area contributed by atoms with E-state index in [0.717, 1.165) is 10.2 Å². The minimum absolute atomic E-state index is 0.0919. The summed E-state index contributed by atoms with van der Waals surface area (Å²) < 4.78 is 6.38. The molecule has 18 heavy (non-hydrogen) atoms. The Balaban J connectivity index is 1.94. The van der Waals surface area contributed by atoms with Gasteiger partial charge in [-0.3, -0.25) is 4.98 Å². The molecular weight excluding hydrogens is 296 g/mol. The van der Waals surface area contributed by atoms with Crippen LogP contribution in [0.25, 0.3) is 0 Å². The molecule has 0 saturated heterocycles. The SMILES string of the molecule is OCc1cc(Br)cnc1OCCc1ccccn1. The lowest BCUT2D eigenvalue weighted by Crippen LogP contribution is -2.06. The van der Waals surface area contributed by atoms with Crippen LogP contribution in [0.2, 0.25) is 0 Å². The fourth-order valence-electron chi connectivity index (χ4n) is 1.51. The van der Waals surface area contributed by atoms with Crippen molar-refractivity contribution >= 4 is 15.9 Å². The fraction of sp³-hybridized carbons (Fsp3) is 0.231. The molecule has 0 spiro atoms.